The van der Waals surface area contributed by atoms with Crippen LogP contribution in [-0.2, 0) is 11.3 Å². The maximum absolute atomic E-state index is 13.1. The maximum Gasteiger partial charge on any atom is 0.361 e. The molecule has 168 valence electrons. The van der Waals surface area contributed by atoms with Gasteiger partial charge in [-0.2, -0.15) is 5.21 Å². The van der Waals surface area contributed by atoms with E-state index in [1.165, 1.54) is 12.1 Å². The fourth-order valence-corrected chi connectivity index (χ4v) is 3.93. The molecule has 2 heterocycles. The Morgan fingerprint density at radius 3 is 2.75 bits per heavy atom. The summed E-state index contributed by atoms with van der Waals surface area (Å²) in [6.07, 6.45) is 0. The molecule has 1 saturated heterocycles. The van der Waals surface area contributed by atoms with Crippen molar-refractivity contribution in [3.8, 4) is 17.5 Å². The van der Waals surface area contributed by atoms with Crippen molar-refractivity contribution in [3.63, 3.8) is 0 Å². The van der Waals surface area contributed by atoms with Crippen molar-refractivity contribution in [1.82, 2.24) is 30.4 Å². The monoisotopic (exact) mass is 504 g/mol. The van der Waals surface area contributed by atoms with Crippen molar-refractivity contribution in [2.75, 3.05) is 26.2 Å². The second kappa shape index (κ2) is 10.0. The van der Waals surface area contributed by atoms with Crippen LogP contribution in [0.15, 0.2) is 46.9 Å². The van der Waals surface area contributed by atoms with E-state index < -0.39 is 0 Å². The van der Waals surface area contributed by atoms with Gasteiger partial charge in [-0.15, -0.1) is 0 Å². The van der Waals surface area contributed by atoms with Crippen molar-refractivity contribution in [3.05, 3.63) is 58.3 Å². The number of H-pyrrole nitrogens is 1. The number of hydrogen-bond donors (Lipinski definition) is 1. The van der Waals surface area contributed by atoms with Crippen LogP contribution in [0, 0.1) is 5.82 Å². The number of amides is 1. The molecule has 0 radical (unpaired) electrons. The third-order valence-corrected chi connectivity index (χ3v) is 5.63. The first kappa shape index (κ1) is 22.2. The molecule has 11 heteroatoms. The second-order valence-corrected chi connectivity index (χ2v) is 8.39. The fraction of sp³-hybridized carbons (Fsp3) is 0.333. The van der Waals surface area contributed by atoms with Gasteiger partial charge in [-0.05, 0) is 48.0 Å². The minimum absolute atomic E-state index is 0.0280. The van der Waals surface area contributed by atoms with E-state index in [0.29, 0.717) is 18.0 Å². The van der Waals surface area contributed by atoms with E-state index in [1.54, 1.807) is 30.3 Å². The molecule has 0 bridgehead atoms. The highest BCUT2D eigenvalue weighted by molar-refractivity contribution is 9.10. The van der Waals surface area contributed by atoms with Crippen LogP contribution < -0.4 is 9.47 Å². The van der Waals surface area contributed by atoms with Crippen LogP contribution in [-0.4, -0.2) is 68.6 Å². The van der Waals surface area contributed by atoms with Gasteiger partial charge in [-0.3, -0.25) is 9.69 Å². The van der Waals surface area contributed by atoms with E-state index in [0.717, 1.165) is 29.7 Å². The van der Waals surface area contributed by atoms with Crippen molar-refractivity contribution in [2.24, 2.45) is 0 Å². The first-order chi connectivity index (χ1) is 15.5. The van der Waals surface area contributed by atoms with Crippen LogP contribution in [0.5, 0.6) is 17.5 Å². The van der Waals surface area contributed by atoms with Gasteiger partial charge in [0.1, 0.15) is 5.82 Å². The summed E-state index contributed by atoms with van der Waals surface area (Å²) in [6, 6.07) is 11.8. The minimum atomic E-state index is -0.242. The average molecular weight is 505 g/mol. The van der Waals surface area contributed by atoms with Crippen molar-refractivity contribution < 1.29 is 18.7 Å². The number of nitrogens with one attached hydrogen (secondary N) is 1. The number of hydrogen-bond acceptors (Lipinski definition) is 7. The third kappa shape index (κ3) is 5.60. The predicted molar refractivity (Wildman–Crippen MR) is 117 cm³/mol. The normalized spacial score (nSPS) is 16.7. The number of rotatable bonds is 7. The molecule has 0 spiro atoms. The van der Waals surface area contributed by atoms with Crippen molar-refractivity contribution >= 4 is 21.8 Å². The zero-order valence-corrected chi connectivity index (χ0v) is 19.0. The molecule has 0 aliphatic carbocycles. The number of nitrogens with zero attached hydrogens (tertiary/aromatic N) is 5. The molecule has 1 aliphatic rings. The summed E-state index contributed by atoms with van der Waals surface area (Å²) in [7, 11) is 0. The standard InChI is InChI=1S/C21H22BrFN6O3/c1-14-11-28(12-15-2-5-17(23)6-3-15)8-9-29(14)20(30)13-31-18-7-4-16(22)10-19(18)32-21-24-26-27-25-21/h2-7,10,14H,8-9,11-13H2,1H3,(H,24,25,26,27)/t14-/m1/s1. The summed E-state index contributed by atoms with van der Waals surface area (Å²) in [5, 5.41) is 13.3. The van der Waals surface area contributed by atoms with E-state index in [1.807, 2.05) is 11.8 Å². The molecule has 3 aromatic rings. The SMILES string of the molecule is C[C@@H]1CN(Cc2ccc(F)cc2)CCN1C(=O)COc1ccc(Br)cc1Oc1nn[nH]n1. The minimum Gasteiger partial charge on any atom is -0.480 e. The van der Waals surface area contributed by atoms with Crippen molar-refractivity contribution in [1.29, 1.82) is 0 Å². The number of piperazine rings is 1. The summed E-state index contributed by atoms with van der Waals surface area (Å²) in [5.74, 6) is 0.418. The molecule has 9 nitrogen and oxygen atoms in total. The smallest absolute Gasteiger partial charge is 0.361 e. The molecular weight excluding hydrogens is 483 g/mol. The molecule has 2 aromatic carbocycles. The van der Waals surface area contributed by atoms with Gasteiger partial charge in [0.25, 0.3) is 5.91 Å². The quantitative estimate of drug-likeness (QED) is 0.528. The van der Waals surface area contributed by atoms with Crippen LogP contribution in [0.4, 0.5) is 4.39 Å². The van der Waals surface area contributed by atoms with E-state index in [-0.39, 0.29) is 30.4 Å². The number of benzene rings is 2. The highest BCUT2D eigenvalue weighted by Gasteiger charge is 2.28. The molecule has 4 rings (SSSR count). The molecule has 1 atom stereocenters. The zero-order valence-electron chi connectivity index (χ0n) is 17.4. The first-order valence-electron chi connectivity index (χ1n) is 10.1. The Kier molecular flexibility index (Phi) is 6.96. The number of aromatic nitrogens is 4. The summed E-state index contributed by atoms with van der Waals surface area (Å²) in [5.41, 5.74) is 1.05. The molecule has 0 unspecified atom stereocenters. The second-order valence-electron chi connectivity index (χ2n) is 7.47. The highest BCUT2D eigenvalue weighted by atomic mass is 79.9. The number of aromatic amines is 1. The molecule has 1 fully saturated rings. The predicted octanol–water partition coefficient (Wildman–Crippen LogP) is 3.01. The average Bonchev–Trinajstić information content (AvgIpc) is 3.28. The Bertz CT molecular complexity index is 1050. The molecule has 1 amide bonds. The Hall–Kier alpha value is -3.05. The number of halogens is 2. The topological polar surface area (TPSA) is 96.5 Å². The van der Waals surface area contributed by atoms with Gasteiger partial charge in [0.05, 0.1) is 0 Å². The molecule has 32 heavy (non-hydrogen) atoms. The number of carbonyl (C=O) groups excluding carboxylic acids is 1. The lowest BCUT2D eigenvalue weighted by atomic mass is 10.1. The van der Waals surface area contributed by atoms with E-state index in [4.69, 9.17) is 9.47 Å². The van der Waals surface area contributed by atoms with Crippen LogP contribution in [0.2, 0.25) is 0 Å². The van der Waals surface area contributed by atoms with Gasteiger partial charge in [-0.25, -0.2) is 4.39 Å². The van der Waals surface area contributed by atoms with Gasteiger partial charge >= 0.3 is 6.01 Å². The Balaban J connectivity index is 1.32. The number of carbonyl (C=O) groups is 1. The van der Waals surface area contributed by atoms with E-state index in [9.17, 15) is 9.18 Å². The van der Waals surface area contributed by atoms with Gasteiger partial charge in [0.2, 0.25) is 0 Å². The van der Waals surface area contributed by atoms with Crippen LogP contribution in [0.3, 0.4) is 0 Å². The highest BCUT2D eigenvalue weighted by Crippen LogP contribution is 2.33. The fourth-order valence-electron chi connectivity index (χ4n) is 3.59. The van der Waals surface area contributed by atoms with Crippen LogP contribution in [0.25, 0.3) is 0 Å². The lowest BCUT2D eigenvalue weighted by Crippen LogP contribution is -2.54. The van der Waals surface area contributed by atoms with Gasteiger partial charge < -0.3 is 14.4 Å². The van der Waals surface area contributed by atoms with E-state index >= 15 is 0 Å². The molecule has 1 aliphatic heterocycles. The molecule has 0 saturated carbocycles. The molecule has 1 aromatic heterocycles. The Morgan fingerprint density at radius 2 is 2.03 bits per heavy atom. The summed E-state index contributed by atoms with van der Waals surface area (Å²) < 4.78 is 25.2. The maximum atomic E-state index is 13.1. The summed E-state index contributed by atoms with van der Waals surface area (Å²) in [4.78, 5) is 16.9. The van der Waals surface area contributed by atoms with Gasteiger partial charge in [0, 0.05) is 36.7 Å². The lowest BCUT2D eigenvalue weighted by Gasteiger charge is -2.39. The Labute approximate surface area is 192 Å². The van der Waals surface area contributed by atoms with Crippen LogP contribution >= 0.6 is 15.9 Å². The number of tetrazole rings is 1. The molecular formula is C21H22BrFN6O3. The van der Waals surface area contributed by atoms with Crippen LogP contribution in [0.1, 0.15) is 12.5 Å². The van der Waals surface area contributed by atoms with E-state index in [2.05, 4.69) is 41.5 Å². The molecule has 1 N–H and O–H groups in total. The van der Waals surface area contributed by atoms with Gasteiger partial charge in [-0.1, -0.05) is 38.3 Å². The van der Waals surface area contributed by atoms with Gasteiger partial charge in [0.15, 0.2) is 18.1 Å². The first-order valence-corrected chi connectivity index (χ1v) is 10.9. The van der Waals surface area contributed by atoms with Crippen molar-refractivity contribution in [2.45, 2.75) is 19.5 Å². The summed E-state index contributed by atoms with van der Waals surface area (Å²) >= 11 is 3.39. The number of ether oxygens (including phenoxy) is 2. The largest absolute Gasteiger partial charge is 0.480 e. The summed E-state index contributed by atoms with van der Waals surface area (Å²) in [6.45, 7) is 4.67. The zero-order chi connectivity index (χ0) is 22.5. The third-order valence-electron chi connectivity index (χ3n) is 5.14. The lowest BCUT2D eigenvalue weighted by molar-refractivity contribution is -0.138. The Morgan fingerprint density at radius 1 is 1.22 bits per heavy atom.